The molecule has 0 bridgehead atoms. The van der Waals surface area contributed by atoms with E-state index in [1.54, 1.807) is 12.3 Å². The molecular weight excluding hydrogens is 222 g/mol. The van der Waals surface area contributed by atoms with E-state index in [9.17, 15) is 4.79 Å². The SMILES string of the molecule is CC(C)OC(=O)c1c[nH]c(Br)c1. The number of rotatable bonds is 2. The summed E-state index contributed by atoms with van der Waals surface area (Å²) in [4.78, 5) is 14.0. The van der Waals surface area contributed by atoms with E-state index in [2.05, 4.69) is 20.9 Å². The highest BCUT2D eigenvalue weighted by atomic mass is 79.9. The van der Waals surface area contributed by atoms with Crippen LogP contribution in [-0.4, -0.2) is 17.1 Å². The summed E-state index contributed by atoms with van der Waals surface area (Å²) in [6.45, 7) is 3.64. The highest BCUT2D eigenvalue weighted by Gasteiger charge is 2.09. The molecule has 0 aliphatic rings. The average Bonchev–Trinajstić information content (AvgIpc) is 2.34. The molecule has 0 atom stereocenters. The minimum absolute atomic E-state index is 0.0776. The fraction of sp³-hybridized carbons (Fsp3) is 0.375. The molecule has 3 nitrogen and oxygen atoms in total. The molecule has 66 valence electrons. The van der Waals surface area contributed by atoms with Gasteiger partial charge in [0.05, 0.1) is 16.3 Å². The molecule has 1 aromatic rings. The van der Waals surface area contributed by atoms with E-state index in [0.29, 0.717) is 5.56 Å². The number of hydrogen-bond donors (Lipinski definition) is 1. The molecule has 0 saturated carbocycles. The zero-order valence-electron chi connectivity index (χ0n) is 6.93. The summed E-state index contributed by atoms with van der Waals surface area (Å²) in [5.74, 6) is -0.299. The molecule has 1 aromatic heterocycles. The highest BCUT2D eigenvalue weighted by Crippen LogP contribution is 2.11. The third kappa shape index (κ3) is 2.37. The van der Waals surface area contributed by atoms with Gasteiger partial charge in [0.1, 0.15) is 0 Å². The number of aromatic amines is 1. The van der Waals surface area contributed by atoms with Gasteiger partial charge in [0.2, 0.25) is 0 Å². The summed E-state index contributed by atoms with van der Waals surface area (Å²) in [5, 5.41) is 0. The minimum atomic E-state index is -0.299. The molecule has 0 spiro atoms. The Bertz CT molecular complexity index is 280. The van der Waals surface area contributed by atoms with Gasteiger partial charge in [-0.25, -0.2) is 4.79 Å². The van der Waals surface area contributed by atoms with E-state index >= 15 is 0 Å². The normalized spacial score (nSPS) is 10.3. The summed E-state index contributed by atoms with van der Waals surface area (Å²) < 4.78 is 5.75. The van der Waals surface area contributed by atoms with Gasteiger partial charge in [0.15, 0.2) is 0 Å². The average molecular weight is 232 g/mol. The predicted molar refractivity (Wildman–Crippen MR) is 49.0 cm³/mol. The van der Waals surface area contributed by atoms with Crippen molar-refractivity contribution in [3.63, 3.8) is 0 Å². The summed E-state index contributed by atoms with van der Waals surface area (Å²) in [7, 11) is 0. The van der Waals surface area contributed by atoms with Crippen molar-refractivity contribution in [1.82, 2.24) is 4.98 Å². The number of carbonyl (C=O) groups is 1. The first-order valence-electron chi connectivity index (χ1n) is 3.64. The molecule has 1 rings (SSSR count). The van der Waals surface area contributed by atoms with Gasteiger partial charge in [-0.05, 0) is 35.8 Å². The molecule has 0 radical (unpaired) electrons. The minimum Gasteiger partial charge on any atom is -0.459 e. The Morgan fingerprint density at radius 1 is 1.67 bits per heavy atom. The van der Waals surface area contributed by atoms with Gasteiger partial charge in [0, 0.05) is 6.20 Å². The number of halogens is 1. The molecule has 0 unspecified atom stereocenters. The molecule has 0 fully saturated rings. The molecule has 1 heterocycles. The molecule has 0 amide bonds. The Kier molecular flexibility index (Phi) is 2.92. The van der Waals surface area contributed by atoms with Crippen molar-refractivity contribution >= 4 is 21.9 Å². The van der Waals surface area contributed by atoms with Crippen molar-refractivity contribution in [3.8, 4) is 0 Å². The molecule has 0 saturated heterocycles. The van der Waals surface area contributed by atoms with E-state index in [1.807, 2.05) is 13.8 Å². The monoisotopic (exact) mass is 231 g/mol. The van der Waals surface area contributed by atoms with Crippen LogP contribution in [0.4, 0.5) is 0 Å². The smallest absolute Gasteiger partial charge is 0.339 e. The number of H-pyrrole nitrogens is 1. The lowest BCUT2D eigenvalue weighted by Gasteiger charge is -2.05. The molecule has 1 N–H and O–H groups in total. The Hall–Kier alpha value is -0.770. The fourth-order valence-corrected chi connectivity index (χ4v) is 1.13. The number of hydrogen-bond acceptors (Lipinski definition) is 2. The van der Waals surface area contributed by atoms with Crippen LogP contribution in [0.15, 0.2) is 16.9 Å². The van der Waals surface area contributed by atoms with Crippen molar-refractivity contribution in [2.75, 3.05) is 0 Å². The topological polar surface area (TPSA) is 42.1 Å². The van der Waals surface area contributed by atoms with E-state index in [4.69, 9.17) is 4.74 Å². The van der Waals surface area contributed by atoms with E-state index in [1.165, 1.54) is 0 Å². The third-order valence-electron chi connectivity index (χ3n) is 1.23. The Balaban J connectivity index is 2.65. The first kappa shape index (κ1) is 9.32. The molecule has 0 aliphatic heterocycles. The van der Waals surface area contributed by atoms with Crippen molar-refractivity contribution in [2.45, 2.75) is 20.0 Å². The lowest BCUT2D eigenvalue weighted by molar-refractivity contribution is 0.0378. The quantitative estimate of drug-likeness (QED) is 0.795. The maximum absolute atomic E-state index is 11.2. The zero-order chi connectivity index (χ0) is 9.14. The largest absolute Gasteiger partial charge is 0.459 e. The van der Waals surface area contributed by atoms with Crippen molar-refractivity contribution < 1.29 is 9.53 Å². The highest BCUT2D eigenvalue weighted by molar-refractivity contribution is 9.10. The second kappa shape index (κ2) is 3.76. The first-order chi connectivity index (χ1) is 5.59. The summed E-state index contributed by atoms with van der Waals surface area (Å²) in [5.41, 5.74) is 0.538. The van der Waals surface area contributed by atoms with Crippen LogP contribution in [0.1, 0.15) is 24.2 Å². The van der Waals surface area contributed by atoms with Crippen LogP contribution in [0.5, 0.6) is 0 Å². The molecule has 4 heteroatoms. The number of nitrogens with one attached hydrogen (secondary N) is 1. The second-order valence-corrected chi connectivity index (χ2v) is 3.54. The second-order valence-electron chi connectivity index (χ2n) is 2.69. The zero-order valence-corrected chi connectivity index (χ0v) is 8.51. The van der Waals surface area contributed by atoms with Crippen LogP contribution < -0.4 is 0 Å². The van der Waals surface area contributed by atoms with Crippen molar-refractivity contribution in [2.24, 2.45) is 0 Å². The standard InChI is InChI=1S/C8H10BrNO2/c1-5(2)12-8(11)6-3-7(9)10-4-6/h3-5,10H,1-2H3. The van der Waals surface area contributed by atoms with Gasteiger partial charge < -0.3 is 9.72 Å². The van der Waals surface area contributed by atoms with Crippen molar-refractivity contribution in [3.05, 3.63) is 22.4 Å². The summed E-state index contributed by atoms with van der Waals surface area (Å²) in [6.07, 6.45) is 1.53. The Morgan fingerprint density at radius 2 is 2.33 bits per heavy atom. The Labute approximate surface area is 79.2 Å². The fourth-order valence-electron chi connectivity index (χ4n) is 0.767. The van der Waals surface area contributed by atoms with Crippen LogP contribution in [0, 0.1) is 0 Å². The lowest BCUT2D eigenvalue weighted by Crippen LogP contribution is -2.10. The molecular formula is C8H10BrNO2. The van der Waals surface area contributed by atoms with E-state index in [-0.39, 0.29) is 12.1 Å². The lowest BCUT2D eigenvalue weighted by atomic mass is 10.3. The van der Waals surface area contributed by atoms with Gasteiger partial charge in [-0.2, -0.15) is 0 Å². The van der Waals surface area contributed by atoms with Crippen molar-refractivity contribution in [1.29, 1.82) is 0 Å². The van der Waals surface area contributed by atoms with Gasteiger partial charge in [-0.15, -0.1) is 0 Å². The van der Waals surface area contributed by atoms with E-state index < -0.39 is 0 Å². The first-order valence-corrected chi connectivity index (χ1v) is 4.44. The van der Waals surface area contributed by atoms with Crippen LogP contribution in [0.25, 0.3) is 0 Å². The number of aromatic nitrogens is 1. The summed E-state index contributed by atoms with van der Waals surface area (Å²) in [6, 6.07) is 1.69. The predicted octanol–water partition coefficient (Wildman–Crippen LogP) is 2.34. The summed E-state index contributed by atoms with van der Waals surface area (Å²) >= 11 is 3.20. The maximum atomic E-state index is 11.2. The van der Waals surface area contributed by atoms with Gasteiger partial charge >= 0.3 is 5.97 Å². The van der Waals surface area contributed by atoms with Crippen LogP contribution >= 0.6 is 15.9 Å². The number of carbonyl (C=O) groups excluding carboxylic acids is 1. The van der Waals surface area contributed by atoms with Gasteiger partial charge in [-0.3, -0.25) is 0 Å². The number of ether oxygens (including phenoxy) is 1. The molecule has 0 aromatic carbocycles. The number of esters is 1. The molecule has 0 aliphatic carbocycles. The van der Waals surface area contributed by atoms with Crippen LogP contribution in [0.2, 0.25) is 0 Å². The maximum Gasteiger partial charge on any atom is 0.339 e. The van der Waals surface area contributed by atoms with E-state index in [0.717, 1.165) is 4.60 Å². The third-order valence-corrected chi connectivity index (χ3v) is 1.68. The molecule has 12 heavy (non-hydrogen) atoms. The van der Waals surface area contributed by atoms with Crippen LogP contribution in [-0.2, 0) is 4.74 Å². The van der Waals surface area contributed by atoms with Crippen LogP contribution in [0.3, 0.4) is 0 Å². The van der Waals surface area contributed by atoms with Gasteiger partial charge in [-0.1, -0.05) is 0 Å². The van der Waals surface area contributed by atoms with Gasteiger partial charge in [0.25, 0.3) is 0 Å². The Morgan fingerprint density at radius 3 is 2.75 bits per heavy atom.